The molecule has 1 N–H and O–H groups in total. The van der Waals surface area contributed by atoms with Gasteiger partial charge in [0.15, 0.2) is 0 Å². The van der Waals surface area contributed by atoms with Crippen LogP contribution in [-0.4, -0.2) is 20.6 Å². The molecule has 0 saturated carbocycles. The van der Waals surface area contributed by atoms with E-state index in [0.29, 0.717) is 6.04 Å². The van der Waals surface area contributed by atoms with E-state index in [-0.39, 0.29) is 0 Å². The number of nitrogens with one attached hydrogen (secondary N) is 1. The van der Waals surface area contributed by atoms with Crippen molar-refractivity contribution in [3.05, 3.63) is 29.8 Å². The highest BCUT2D eigenvalue weighted by molar-refractivity contribution is 5.46. The van der Waals surface area contributed by atoms with Crippen molar-refractivity contribution < 1.29 is 0 Å². The van der Waals surface area contributed by atoms with E-state index in [9.17, 15) is 0 Å². The third-order valence-electron chi connectivity index (χ3n) is 3.16. The van der Waals surface area contributed by atoms with Crippen LogP contribution in [0.1, 0.15) is 24.9 Å². The third-order valence-corrected chi connectivity index (χ3v) is 3.16. The smallest absolute Gasteiger partial charge is 0.0361 e. The molecule has 2 rings (SSSR count). The second-order valence-corrected chi connectivity index (χ2v) is 4.79. The summed E-state index contributed by atoms with van der Waals surface area (Å²) in [6, 6.07) is 9.44. The lowest BCUT2D eigenvalue weighted by Gasteiger charge is -2.15. The van der Waals surface area contributed by atoms with Gasteiger partial charge in [-0.2, -0.15) is 0 Å². The molecule has 1 aliphatic heterocycles. The minimum Gasteiger partial charge on any atom is -0.378 e. The Bertz CT molecular complexity index is 316. The number of nitrogens with zero attached hydrogens (tertiary/aromatic N) is 1. The molecule has 1 aliphatic rings. The van der Waals surface area contributed by atoms with Crippen LogP contribution in [0.15, 0.2) is 24.3 Å². The maximum Gasteiger partial charge on any atom is 0.0361 e. The molecule has 15 heavy (non-hydrogen) atoms. The van der Waals surface area contributed by atoms with Crippen molar-refractivity contribution in [2.75, 3.05) is 25.5 Å². The van der Waals surface area contributed by atoms with Gasteiger partial charge in [0.2, 0.25) is 0 Å². The zero-order valence-corrected chi connectivity index (χ0v) is 9.83. The molecular weight excluding hydrogens is 184 g/mol. The minimum atomic E-state index is 0.566. The molecule has 82 valence electrons. The van der Waals surface area contributed by atoms with E-state index >= 15 is 0 Å². The Balaban J connectivity index is 2.10. The molecule has 1 aromatic rings. The van der Waals surface area contributed by atoms with Crippen LogP contribution in [-0.2, 0) is 0 Å². The molecule has 0 aromatic heterocycles. The van der Waals surface area contributed by atoms with Gasteiger partial charge in [-0.25, -0.2) is 0 Å². The van der Waals surface area contributed by atoms with E-state index in [2.05, 4.69) is 55.5 Å². The van der Waals surface area contributed by atoms with Crippen molar-refractivity contribution in [2.24, 2.45) is 5.92 Å². The molecule has 1 heterocycles. The molecule has 0 radical (unpaired) electrons. The van der Waals surface area contributed by atoms with E-state index in [0.717, 1.165) is 12.5 Å². The van der Waals surface area contributed by atoms with E-state index < -0.39 is 0 Å². The number of benzene rings is 1. The van der Waals surface area contributed by atoms with Gasteiger partial charge < -0.3 is 10.2 Å². The predicted octanol–water partition coefficient (Wildman–Crippen LogP) is 2.42. The summed E-state index contributed by atoms with van der Waals surface area (Å²) < 4.78 is 0. The van der Waals surface area contributed by atoms with Gasteiger partial charge in [0.1, 0.15) is 0 Å². The molecule has 0 unspecified atom stereocenters. The van der Waals surface area contributed by atoms with E-state index in [1.165, 1.54) is 17.7 Å². The molecule has 1 fully saturated rings. The van der Waals surface area contributed by atoms with Crippen molar-refractivity contribution in [3.63, 3.8) is 0 Å². The SMILES string of the molecule is C[C@@H]1CN[C@H](c2ccc(N(C)C)cc2)C1. The highest BCUT2D eigenvalue weighted by Crippen LogP contribution is 2.27. The average molecular weight is 204 g/mol. The van der Waals surface area contributed by atoms with Crippen LogP contribution in [0.5, 0.6) is 0 Å². The number of anilines is 1. The first-order chi connectivity index (χ1) is 7.16. The van der Waals surface area contributed by atoms with Gasteiger partial charge in [0, 0.05) is 25.8 Å². The summed E-state index contributed by atoms with van der Waals surface area (Å²) in [5, 5.41) is 3.56. The molecule has 0 spiro atoms. The summed E-state index contributed by atoms with van der Waals surface area (Å²) in [5.41, 5.74) is 2.69. The van der Waals surface area contributed by atoms with Gasteiger partial charge in [-0.05, 0) is 36.6 Å². The molecule has 2 heteroatoms. The maximum absolute atomic E-state index is 3.56. The van der Waals surface area contributed by atoms with Crippen LogP contribution in [0, 0.1) is 5.92 Å². The molecule has 0 amide bonds. The second kappa shape index (κ2) is 4.23. The predicted molar refractivity (Wildman–Crippen MR) is 65.3 cm³/mol. The fourth-order valence-corrected chi connectivity index (χ4v) is 2.17. The van der Waals surface area contributed by atoms with Crippen LogP contribution >= 0.6 is 0 Å². The van der Waals surface area contributed by atoms with Crippen molar-refractivity contribution in [2.45, 2.75) is 19.4 Å². The molecule has 1 saturated heterocycles. The summed E-state index contributed by atoms with van der Waals surface area (Å²) in [7, 11) is 4.15. The summed E-state index contributed by atoms with van der Waals surface area (Å²) in [6.07, 6.45) is 1.27. The van der Waals surface area contributed by atoms with Gasteiger partial charge in [0.25, 0.3) is 0 Å². The Morgan fingerprint density at radius 2 is 1.87 bits per heavy atom. The quantitative estimate of drug-likeness (QED) is 0.796. The molecule has 0 bridgehead atoms. The highest BCUT2D eigenvalue weighted by Gasteiger charge is 2.21. The molecular formula is C13H20N2. The number of hydrogen-bond acceptors (Lipinski definition) is 2. The van der Waals surface area contributed by atoms with E-state index in [1.54, 1.807) is 0 Å². The average Bonchev–Trinajstić information content (AvgIpc) is 2.65. The Hall–Kier alpha value is -1.02. The molecule has 2 atom stereocenters. The first-order valence-electron chi connectivity index (χ1n) is 5.67. The second-order valence-electron chi connectivity index (χ2n) is 4.79. The normalized spacial score (nSPS) is 25.5. The summed E-state index contributed by atoms with van der Waals surface area (Å²) in [6.45, 7) is 3.46. The maximum atomic E-state index is 3.56. The standard InChI is InChI=1S/C13H20N2/c1-10-8-13(14-9-10)11-4-6-12(7-5-11)15(2)3/h4-7,10,13-14H,8-9H2,1-3H3/t10-,13-/m0/s1. The largest absolute Gasteiger partial charge is 0.378 e. The first-order valence-corrected chi connectivity index (χ1v) is 5.67. The van der Waals surface area contributed by atoms with Gasteiger partial charge in [-0.1, -0.05) is 19.1 Å². The molecule has 0 aliphatic carbocycles. The van der Waals surface area contributed by atoms with Gasteiger partial charge >= 0.3 is 0 Å². The Morgan fingerprint density at radius 1 is 1.20 bits per heavy atom. The lowest BCUT2D eigenvalue weighted by atomic mass is 10.0. The van der Waals surface area contributed by atoms with Crippen LogP contribution in [0.2, 0.25) is 0 Å². The Labute approximate surface area is 92.3 Å². The fraction of sp³-hybridized carbons (Fsp3) is 0.538. The van der Waals surface area contributed by atoms with Crippen LogP contribution in [0.4, 0.5) is 5.69 Å². The fourth-order valence-electron chi connectivity index (χ4n) is 2.17. The summed E-state index contributed by atoms with van der Waals surface area (Å²) in [5.74, 6) is 0.809. The highest BCUT2D eigenvalue weighted by atomic mass is 15.1. The van der Waals surface area contributed by atoms with Gasteiger partial charge in [-0.3, -0.25) is 0 Å². The van der Waals surface area contributed by atoms with Gasteiger partial charge in [0.05, 0.1) is 0 Å². The molecule has 1 aromatic carbocycles. The zero-order chi connectivity index (χ0) is 10.8. The van der Waals surface area contributed by atoms with Crippen molar-refractivity contribution in [1.82, 2.24) is 5.32 Å². The van der Waals surface area contributed by atoms with Crippen LogP contribution < -0.4 is 10.2 Å². The minimum absolute atomic E-state index is 0.566. The Morgan fingerprint density at radius 3 is 2.33 bits per heavy atom. The van der Waals surface area contributed by atoms with Crippen molar-refractivity contribution in [3.8, 4) is 0 Å². The van der Waals surface area contributed by atoms with Crippen molar-refractivity contribution >= 4 is 5.69 Å². The lowest BCUT2D eigenvalue weighted by molar-refractivity contribution is 0.612. The summed E-state index contributed by atoms with van der Waals surface area (Å²) in [4.78, 5) is 2.13. The number of hydrogen-bond donors (Lipinski definition) is 1. The lowest BCUT2D eigenvalue weighted by Crippen LogP contribution is -2.14. The molecule has 2 nitrogen and oxygen atoms in total. The topological polar surface area (TPSA) is 15.3 Å². The van der Waals surface area contributed by atoms with E-state index in [4.69, 9.17) is 0 Å². The zero-order valence-electron chi connectivity index (χ0n) is 9.83. The van der Waals surface area contributed by atoms with Crippen molar-refractivity contribution in [1.29, 1.82) is 0 Å². The summed E-state index contributed by atoms with van der Waals surface area (Å²) >= 11 is 0. The number of rotatable bonds is 2. The van der Waals surface area contributed by atoms with E-state index in [1.807, 2.05) is 0 Å². The monoisotopic (exact) mass is 204 g/mol. The van der Waals surface area contributed by atoms with Crippen LogP contribution in [0.3, 0.4) is 0 Å². The van der Waals surface area contributed by atoms with Gasteiger partial charge in [-0.15, -0.1) is 0 Å². The Kier molecular flexibility index (Phi) is 2.96. The third kappa shape index (κ3) is 2.32. The van der Waals surface area contributed by atoms with Crippen LogP contribution in [0.25, 0.3) is 0 Å². The first kappa shape index (κ1) is 10.5.